The molecule has 1 aromatic heterocycles. The lowest BCUT2D eigenvalue weighted by Gasteiger charge is -2.09. The molecule has 0 unspecified atom stereocenters. The molecule has 0 spiro atoms. The summed E-state index contributed by atoms with van der Waals surface area (Å²) in [6.07, 6.45) is 0. The van der Waals surface area contributed by atoms with Gasteiger partial charge in [0.15, 0.2) is 0 Å². The summed E-state index contributed by atoms with van der Waals surface area (Å²) in [5, 5.41) is 0.222. The van der Waals surface area contributed by atoms with Crippen LogP contribution >= 0.6 is 0 Å². The van der Waals surface area contributed by atoms with Gasteiger partial charge in [0.1, 0.15) is 11.6 Å². The summed E-state index contributed by atoms with van der Waals surface area (Å²) in [5.41, 5.74) is -0.286. The van der Waals surface area contributed by atoms with E-state index >= 15 is 0 Å². The molecule has 0 aliphatic carbocycles. The average Bonchev–Trinajstić information content (AvgIpc) is 2.45. The van der Waals surface area contributed by atoms with Gasteiger partial charge in [0, 0.05) is 11.6 Å². The van der Waals surface area contributed by atoms with Crippen LogP contribution < -0.4 is 11.4 Å². The zero-order valence-corrected chi connectivity index (χ0v) is 10.7. The van der Waals surface area contributed by atoms with Crippen molar-refractivity contribution >= 4 is 10.9 Å². The largest absolute Gasteiger partial charge is 0.422 e. The van der Waals surface area contributed by atoms with Gasteiger partial charge < -0.3 is 4.42 Å². The zero-order chi connectivity index (χ0) is 15.0. The topological polar surface area (TPSA) is 52.2 Å². The van der Waals surface area contributed by atoms with Gasteiger partial charge in [-0.2, -0.15) is 0 Å². The fraction of sp³-hybridized carbons (Fsp3) is 0.0667. The number of aromatic nitrogens is 1. The van der Waals surface area contributed by atoms with Gasteiger partial charge in [-0.3, -0.25) is 4.57 Å². The predicted octanol–water partition coefficient (Wildman–Crippen LogP) is 2.28. The van der Waals surface area contributed by atoms with Crippen LogP contribution in [0.2, 0.25) is 0 Å². The first-order valence-corrected chi connectivity index (χ1v) is 6.13. The molecule has 0 aliphatic rings. The molecule has 3 aromatic rings. The average molecular weight is 289 g/mol. The highest BCUT2D eigenvalue weighted by Gasteiger charge is 2.11. The number of hydrogen-bond acceptors (Lipinski definition) is 3. The summed E-state index contributed by atoms with van der Waals surface area (Å²) in [7, 11) is 0. The maximum Gasteiger partial charge on any atom is 0.422 e. The molecule has 1 heterocycles. The molecule has 0 saturated carbocycles. The van der Waals surface area contributed by atoms with Crippen molar-refractivity contribution in [2.45, 2.75) is 6.54 Å². The molecule has 21 heavy (non-hydrogen) atoms. The number of halogens is 2. The second-order valence-electron chi connectivity index (χ2n) is 4.49. The Bertz CT molecular complexity index is 944. The van der Waals surface area contributed by atoms with Crippen molar-refractivity contribution in [2.24, 2.45) is 0 Å². The molecule has 2 aromatic carbocycles. The van der Waals surface area contributed by atoms with Crippen LogP contribution in [0.3, 0.4) is 0 Å². The summed E-state index contributed by atoms with van der Waals surface area (Å²) >= 11 is 0. The van der Waals surface area contributed by atoms with Crippen molar-refractivity contribution in [3.63, 3.8) is 0 Å². The Morgan fingerprint density at radius 3 is 2.57 bits per heavy atom. The molecule has 0 bridgehead atoms. The van der Waals surface area contributed by atoms with E-state index in [0.717, 1.165) is 16.7 Å². The molecule has 4 nitrogen and oxygen atoms in total. The SMILES string of the molecule is O=c1oc(=O)n(Cc2ccc(F)cc2F)c2ccccc12. The van der Waals surface area contributed by atoms with Crippen LogP contribution in [0.4, 0.5) is 8.78 Å². The van der Waals surface area contributed by atoms with E-state index in [1.54, 1.807) is 18.2 Å². The van der Waals surface area contributed by atoms with Crippen LogP contribution in [-0.4, -0.2) is 4.57 Å². The maximum atomic E-state index is 13.7. The number of para-hydroxylation sites is 1. The molecule has 0 amide bonds. The fourth-order valence-corrected chi connectivity index (χ4v) is 2.14. The predicted molar refractivity (Wildman–Crippen MR) is 72.2 cm³/mol. The number of fused-ring (bicyclic) bond motifs is 1. The quantitative estimate of drug-likeness (QED) is 0.727. The Balaban J connectivity index is 2.21. The first kappa shape index (κ1) is 13.2. The third kappa shape index (κ3) is 2.35. The normalized spacial score (nSPS) is 11.0. The molecular formula is C15H9F2NO3. The Morgan fingerprint density at radius 1 is 1.05 bits per heavy atom. The maximum absolute atomic E-state index is 13.7. The molecule has 0 N–H and O–H groups in total. The van der Waals surface area contributed by atoms with Gasteiger partial charge in [-0.1, -0.05) is 18.2 Å². The van der Waals surface area contributed by atoms with E-state index in [9.17, 15) is 18.4 Å². The molecule has 6 heteroatoms. The van der Waals surface area contributed by atoms with E-state index in [-0.39, 0.29) is 17.5 Å². The van der Waals surface area contributed by atoms with Crippen LogP contribution in [0.25, 0.3) is 10.9 Å². The Kier molecular flexibility index (Phi) is 3.13. The van der Waals surface area contributed by atoms with Gasteiger partial charge in [-0.05, 0) is 18.2 Å². The Labute approximate surface area is 116 Å². The summed E-state index contributed by atoms with van der Waals surface area (Å²) < 4.78 is 32.3. The van der Waals surface area contributed by atoms with Crippen LogP contribution in [-0.2, 0) is 6.54 Å². The summed E-state index contributed by atoms with van der Waals surface area (Å²) in [5.74, 6) is -2.35. The highest BCUT2D eigenvalue weighted by Crippen LogP contribution is 2.13. The highest BCUT2D eigenvalue weighted by molar-refractivity contribution is 5.77. The van der Waals surface area contributed by atoms with E-state index in [1.165, 1.54) is 12.1 Å². The van der Waals surface area contributed by atoms with E-state index in [4.69, 9.17) is 0 Å². The van der Waals surface area contributed by atoms with Crippen LogP contribution in [0, 0.1) is 11.6 Å². The van der Waals surface area contributed by atoms with Gasteiger partial charge >= 0.3 is 11.4 Å². The van der Waals surface area contributed by atoms with Crippen molar-refractivity contribution in [1.82, 2.24) is 4.57 Å². The second kappa shape index (κ2) is 4.97. The summed E-state index contributed by atoms with van der Waals surface area (Å²) in [6, 6.07) is 9.45. The van der Waals surface area contributed by atoms with Crippen LogP contribution in [0.15, 0.2) is 56.5 Å². The second-order valence-corrected chi connectivity index (χ2v) is 4.49. The van der Waals surface area contributed by atoms with E-state index in [2.05, 4.69) is 4.42 Å². The van der Waals surface area contributed by atoms with Gasteiger partial charge in [0.2, 0.25) is 0 Å². The van der Waals surface area contributed by atoms with Gasteiger partial charge in [-0.25, -0.2) is 18.4 Å². The number of nitrogens with zero attached hydrogens (tertiary/aromatic N) is 1. The highest BCUT2D eigenvalue weighted by atomic mass is 19.1. The molecule has 0 radical (unpaired) electrons. The Morgan fingerprint density at radius 2 is 1.81 bits per heavy atom. The molecule has 3 rings (SSSR count). The van der Waals surface area contributed by atoms with Gasteiger partial charge in [0.05, 0.1) is 17.4 Å². The molecule has 106 valence electrons. The Hall–Kier alpha value is -2.76. The minimum atomic E-state index is -0.887. The van der Waals surface area contributed by atoms with Crippen molar-refractivity contribution < 1.29 is 13.2 Å². The molecular weight excluding hydrogens is 280 g/mol. The lowest BCUT2D eigenvalue weighted by atomic mass is 10.2. The van der Waals surface area contributed by atoms with E-state index < -0.39 is 23.0 Å². The molecule has 0 atom stereocenters. The molecule has 0 fully saturated rings. The van der Waals surface area contributed by atoms with Crippen molar-refractivity contribution in [2.75, 3.05) is 0 Å². The van der Waals surface area contributed by atoms with Crippen molar-refractivity contribution in [3.8, 4) is 0 Å². The lowest BCUT2D eigenvalue weighted by molar-refractivity contribution is 0.422. The van der Waals surface area contributed by atoms with E-state index in [0.29, 0.717) is 5.52 Å². The van der Waals surface area contributed by atoms with Crippen LogP contribution in [0.1, 0.15) is 5.56 Å². The first-order valence-electron chi connectivity index (χ1n) is 6.13. The lowest BCUT2D eigenvalue weighted by Crippen LogP contribution is -2.25. The first-order chi connectivity index (χ1) is 10.1. The molecule has 0 aliphatic heterocycles. The standard InChI is InChI=1S/C15H9F2NO3/c16-10-6-5-9(12(17)7-10)8-18-13-4-2-1-3-11(13)14(19)21-15(18)20/h1-7H,8H2. The number of rotatable bonds is 2. The van der Waals surface area contributed by atoms with Gasteiger partial charge in [0.25, 0.3) is 0 Å². The van der Waals surface area contributed by atoms with E-state index in [1.807, 2.05) is 0 Å². The van der Waals surface area contributed by atoms with Crippen LogP contribution in [0.5, 0.6) is 0 Å². The zero-order valence-electron chi connectivity index (χ0n) is 10.7. The van der Waals surface area contributed by atoms with Crippen molar-refractivity contribution in [1.29, 1.82) is 0 Å². The number of hydrogen-bond donors (Lipinski definition) is 0. The smallest absolute Gasteiger partial charge is 0.372 e. The molecule has 0 saturated heterocycles. The van der Waals surface area contributed by atoms with Gasteiger partial charge in [-0.15, -0.1) is 0 Å². The summed E-state index contributed by atoms with van der Waals surface area (Å²) in [6.45, 7) is -0.158. The van der Waals surface area contributed by atoms with Crippen molar-refractivity contribution in [3.05, 3.63) is 80.6 Å². The monoisotopic (exact) mass is 289 g/mol. The third-order valence-electron chi connectivity index (χ3n) is 3.16. The number of benzene rings is 2. The minimum absolute atomic E-state index is 0.123. The minimum Gasteiger partial charge on any atom is -0.372 e. The fourth-order valence-electron chi connectivity index (χ4n) is 2.14. The summed E-state index contributed by atoms with van der Waals surface area (Å²) in [4.78, 5) is 23.4. The third-order valence-corrected chi connectivity index (χ3v) is 3.16.